The normalized spacial score (nSPS) is 14.3. The lowest BCUT2D eigenvalue weighted by molar-refractivity contribution is -0.157. The van der Waals surface area contributed by atoms with E-state index in [0.29, 0.717) is 6.42 Å². The smallest absolute Gasteiger partial charge is 0.271 e. The minimum atomic E-state index is -4.27. The van der Waals surface area contributed by atoms with E-state index in [1.165, 1.54) is 11.3 Å². The summed E-state index contributed by atoms with van der Waals surface area (Å²) in [7, 11) is 0. The molecule has 0 saturated heterocycles. The summed E-state index contributed by atoms with van der Waals surface area (Å²) in [4.78, 5) is 0.939. The monoisotopic (exact) mass is 224 g/mol. The topological polar surface area (TPSA) is 38.0 Å². The van der Waals surface area contributed by atoms with E-state index < -0.39 is 12.2 Å². The fourth-order valence-corrected chi connectivity index (χ4v) is 1.81. The van der Waals surface area contributed by atoms with Gasteiger partial charge < -0.3 is 0 Å². The first kappa shape index (κ1) is 11.5. The Balaban J connectivity index is 2.43. The SMILES string of the molecule is NNC(CCc1cccs1)C(F)(F)F. The number of hydrogen-bond donors (Lipinski definition) is 2. The molecule has 2 nitrogen and oxygen atoms in total. The van der Waals surface area contributed by atoms with Gasteiger partial charge in [0.05, 0.1) is 0 Å². The van der Waals surface area contributed by atoms with Gasteiger partial charge in [-0.25, -0.2) is 5.43 Å². The van der Waals surface area contributed by atoms with E-state index >= 15 is 0 Å². The van der Waals surface area contributed by atoms with Crippen LogP contribution >= 0.6 is 11.3 Å². The molecule has 1 aromatic heterocycles. The van der Waals surface area contributed by atoms with Crippen molar-refractivity contribution < 1.29 is 13.2 Å². The lowest BCUT2D eigenvalue weighted by Gasteiger charge is -2.18. The van der Waals surface area contributed by atoms with Gasteiger partial charge in [-0.05, 0) is 24.3 Å². The maximum atomic E-state index is 12.2. The quantitative estimate of drug-likeness (QED) is 0.607. The van der Waals surface area contributed by atoms with Gasteiger partial charge in [0.25, 0.3) is 0 Å². The zero-order chi connectivity index (χ0) is 10.6. The molecule has 0 aliphatic carbocycles. The van der Waals surface area contributed by atoms with E-state index in [4.69, 9.17) is 5.84 Å². The molecule has 80 valence electrons. The van der Waals surface area contributed by atoms with E-state index in [9.17, 15) is 13.2 Å². The van der Waals surface area contributed by atoms with Crippen molar-refractivity contribution in [1.82, 2.24) is 5.43 Å². The standard InChI is InChI=1S/C8H11F3N2S/c9-8(10,11)7(13-12)4-3-6-2-1-5-14-6/h1-2,5,7,13H,3-4,12H2. The summed E-state index contributed by atoms with van der Waals surface area (Å²) in [5.41, 5.74) is 1.78. The molecule has 0 aliphatic heterocycles. The molecule has 1 atom stereocenters. The number of nitrogens with one attached hydrogen (secondary N) is 1. The second kappa shape index (κ2) is 4.77. The summed E-state index contributed by atoms with van der Waals surface area (Å²) < 4.78 is 36.6. The summed E-state index contributed by atoms with van der Waals surface area (Å²) in [5.74, 6) is 4.83. The second-order valence-electron chi connectivity index (χ2n) is 2.88. The van der Waals surface area contributed by atoms with Crippen LogP contribution in [0.5, 0.6) is 0 Å². The number of thiophene rings is 1. The Hall–Kier alpha value is -0.590. The van der Waals surface area contributed by atoms with Crippen LogP contribution in [-0.2, 0) is 6.42 Å². The Kier molecular flexibility index (Phi) is 3.91. The maximum absolute atomic E-state index is 12.2. The lowest BCUT2D eigenvalue weighted by atomic mass is 10.1. The van der Waals surface area contributed by atoms with Gasteiger partial charge in [0.1, 0.15) is 6.04 Å². The lowest BCUT2D eigenvalue weighted by Crippen LogP contribution is -2.46. The molecule has 14 heavy (non-hydrogen) atoms. The highest BCUT2D eigenvalue weighted by atomic mass is 32.1. The van der Waals surface area contributed by atoms with E-state index in [2.05, 4.69) is 0 Å². The van der Waals surface area contributed by atoms with Crippen molar-refractivity contribution in [2.24, 2.45) is 5.84 Å². The Morgan fingerprint density at radius 1 is 1.50 bits per heavy atom. The van der Waals surface area contributed by atoms with Crippen LogP contribution in [0.3, 0.4) is 0 Å². The van der Waals surface area contributed by atoms with E-state index in [-0.39, 0.29) is 6.42 Å². The fourth-order valence-electron chi connectivity index (χ4n) is 1.08. The summed E-state index contributed by atoms with van der Waals surface area (Å²) in [6.07, 6.45) is -3.90. The first-order chi connectivity index (χ1) is 6.54. The summed E-state index contributed by atoms with van der Waals surface area (Å²) in [5, 5.41) is 1.84. The molecule has 6 heteroatoms. The molecule has 1 rings (SSSR count). The van der Waals surface area contributed by atoms with Gasteiger partial charge in [-0.15, -0.1) is 11.3 Å². The van der Waals surface area contributed by atoms with Crippen LogP contribution in [0.15, 0.2) is 17.5 Å². The Labute approximate surface area is 83.9 Å². The van der Waals surface area contributed by atoms with Crippen LogP contribution in [-0.4, -0.2) is 12.2 Å². The number of nitrogens with two attached hydrogens (primary N) is 1. The first-order valence-corrected chi connectivity index (χ1v) is 4.97. The third-order valence-corrected chi connectivity index (χ3v) is 2.79. The van der Waals surface area contributed by atoms with E-state index in [1.54, 1.807) is 5.43 Å². The fraction of sp³-hybridized carbons (Fsp3) is 0.500. The largest absolute Gasteiger partial charge is 0.405 e. The van der Waals surface area contributed by atoms with Gasteiger partial charge in [-0.3, -0.25) is 5.84 Å². The molecular formula is C8H11F3N2S. The van der Waals surface area contributed by atoms with Crippen molar-refractivity contribution in [1.29, 1.82) is 0 Å². The molecule has 1 unspecified atom stereocenters. The highest BCUT2D eigenvalue weighted by Crippen LogP contribution is 2.23. The van der Waals surface area contributed by atoms with Crippen LogP contribution in [0.2, 0.25) is 0 Å². The van der Waals surface area contributed by atoms with Crippen LogP contribution in [0, 0.1) is 0 Å². The third-order valence-electron chi connectivity index (χ3n) is 1.86. The number of aryl methyl sites for hydroxylation is 1. The summed E-state index contributed by atoms with van der Waals surface area (Å²) >= 11 is 1.45. The predicted octanol–water partition coefficient (Wildman–Crippen LogP) is 2.07. The van der Waals surface area contributed by atoms with Gasteiger partial charge in [-0.1, -0.05) is 6.07 Å². The molecule has 0 fully saturated rings. The average Bonchev–Trinajstić information content (AvgIpc) is 2.55. The molecular weight excluding hydrogens is 213 g/mol. The molecule has 0 aromatic carbocycles. The van der Waals surface area contributed by atoms with Crippen molar-refractivity contribution in [2.45, 2.75) is 25.1 Å². The van der Waals surface area contributed by atoms with Crippen LogP contribution in [0.25, 0.3) is 0 Å². The summed E-state index contributed by atoms with van der Waals surface area (Å²) in [6.45, 7) is 0. The van der Waals surface area contributed by atoms with Crippen LogP contribution in [0.4, 0.5) is 13.2 Å². The molecule has 1 heterocycles. The minimum Gasteiger partial charge on any atom is -0.271 e. The number of alkyl halides is 3. The van der Waals surface area contributed by atoms with Gasteiger partial charge in [0, 0.05) is 4.88 Å². The average molecular weight is 224 g/mol. The molecule has 0 amide bonds. The number of hydrazine groups is 1. The molecule has 0 spiro atoms. The van der Waals surface area contributed by atoms with Gasteiger partial charge in [0.15, 0.2) is 0 Å². The highest BCUT2D eigenvalue weighted by Gasteiger charge is 2.38. The number of rotatable bonds is 4. The molecule has 0 aliphatic rings. The third kappa shape index (κ3) is 3.28. The number of halogens is 3. The Morgan fingerprint density at radius 3 is 2.64 bits per heavy atom. The van der Waals surface area contributed by atoms with Crippen molar-refractivity contribution in [3.8, 4) is 0 Å². The van der Waals surface area contributed by atoms with Crippen molar-refractivity contribution in [3.05, 3.63) is 22.4 Å². The minimum absolute atomic E-state index is 0.0273. The molecule has 3 N–H and O–H groups in total. The van der Waals surface area contributed by atoms with Crippen molar-refractivity contribution in [2.75, 3.05) is 0 Å². The van der Waals surface area contributed by atoms with Crippen LogP contribution < -0.4 is 11.3 Å². The number of hydrogen-bond acceptors (Lipinski definition) is 3. The van der Waals surface area contributed by atoms with Gasteiger partial charge >= 0.3 is 6.18 Å². The van der Waals surface area contributed by atoms with E-state index in [1.807, 2.05) is 17.5 Å². The molecule has 0 radical (unpaired) electrons. The predicted molar refractivity (Wildman–Crippen MR) is 49.8 cm³/mol. The molecule has 0 bridgehead atoms. The van der Waals surface area contributed by atoms with Gasteiger partial charge in [0.2, 0.25) is 0 Å². The highest BCUT2D eigenvalue weighted by molar-refractivity contribution is 7.09. The Morgan fingerprint density at radius 2 is 2.21 bits per heavy atom. The molecule has 1 aromatic rings. The van der Waals surface area contributed by atoms with Crippen molar-refractivity contribution in [3.63, 3.8) is 0 Å². The first-order valence-electron chi connectivity index (χ1n) is 4.09. The molecule has 0 saturated carbocycles. The van der Waals surface area contributed by atoms with Gasteiger partial charge in [-0.2, -0.15) is 13.2 Å². The zero-order valence-electron chi connectivity index (χ0n) is 7.34. The Bertz CT molecular complexity index is 258. The summed E-state index contributed by atoms with van der Waals surface area (Å²) in [6, 6.07) is 2.01. The van der Waals surface area contributed by atoms with Crippen molar-refractivity contribution >= 4 is 11.3 Å². The van der Waals surface area contributed by atoms with Crippen LogP contribution in [0.1, 0.15) is 11.3 Å². The second-order valence-corrected chi connectivity index (χ2v) is 3.91. The maximum Gasteiger partial charge on any atom is 0.405 e. The van der Waals surface area contributed by atoms with E-state index in [0.717, 1.165) is 4.88 Å². The zero-order valence-corrected chi connectivity index (χ0v) is 8.16.